The van der Waals surface area contributed by atoms with Gasteiger partial charge in [-0.15, -0.1) is 0 Å². The molecule has 5 aliphatic rings. The molecule has 0 N–H and O–H groups in total. The predicted octanol–water partition coefficient (Wildman–Crippen LogP) is 1.81. The number of Topliss-reactive ketones (excluding diaryl/α,β-unsaturated/α-hetero) is 1. The van der Waals surface area contributed by atoms with Crippen LogP contribution in [0.3, 0.4) is 0 Å². The Hall–Kier alpha value is -0.380. The standard InChI is InChI=1S/C15H20O3S/c16-13-11-7-1-3-9(5-7)14(11)19(17,18)15-10-4-2-8(6-10)12(13)15/h7-12,14-15H,1-6H2/t7-,8+,9+,10-,11+,12-,14-,15-/m1/s1. The molecule has 5 fully saturated rings. The largest absolute Gasteiger partial charge is 0.299 e. The molecule has 8 atom stereocenters. The molecule has 4 saturated carbocycles. The average molecular weight is 280 g/mol. The lowest BCUT2D eigenvalue weighted by Crippen LogP contribution is -2.56. The molecule has 4 heteroatoms. The minimum absolute atomic E-state index is 0.107. The quantitative estimate of drug-likeness (QED) is 0.680. The molecule has 3 nitrogen and oxygen atoms in total. The van der Waals surface area contributed by atoms with E-state index >= 15 is 0 Å². The van der Waals surface area contributed by atoms with E-state index in [-0.39, 0.29) is 22.3 Å². The molecule has 0 spiro atoms. The molecule has 104 valence electrons. The van der Waals surface area contributed by atoms with Crippen molar-refractivity contribution in [1.29, 1.82) is 0 Å². The van der Waals surface area contributed by atoms with Crippen molar-refractivity contribution in [1.82, 2.24) is 0 Å². The molecule has 0 aromatic rings. The zero-order chi connectivity index (χ0) is 12.9. The van der Waals surface area contributed by atoms with Crippen LogP contribution in [0.15, 0.2) is 0 Å². The summed E-state index contributed by atoms with van der Waals surface area (Å²) in [7, 11) is -3.05. The van der Waals surface area contributed by atoms with E-state index in [2.05, 4.69) is 0 Å². The minimum atomic E-state index is -3.05. The first-order valence-corrected chi connectivity index (χ1v) is 9.46. The van der Waals surface area contributed by atoms with Crippen LogP contribution in [0.5, 0.6) is 0 Å². The summed E-state index contributed by atoms with van der Waals surface area (Å²) in [6.07, 6.45) is 6.30. The third kappa shape index (κ3) is 1.13. The van der Waals surface area contributed by atoms with Gasteiger partial charge >= 0.3 is 0 Å². The highest BCUT2D eigenvalue weighted by atomic mass is 32.2. The molecule has 0 amide bonds. The van der Waals surface area contributed by atoms with E-state index in [0.29, 0.717) is 29.5 Å². The lowest BCUT2D eigenvalue weighted by Gasteiger charge is -2.43. The Kier molecular flexibility index (Phi) is 1.94. The number of hydrogen-bond acceptors (Lipinski definition) is 3. The summed E-state index contributed by atoms with van der Waals surface area (Å²) in [6.45, 7) is 0. The SMILES string of the molecule is O=C1[C@@H]2[C@@H]3CC[C@@H](C3)[C@H]2S(=O)(=O)[C@@H]2[C@@H]3CC[C@@H](C3)[C@H]12. The first-order chi connectivity index (χ1) is 9.09. The topological polar surface area (TPSA) is 51.2 Å². The number of sulfone groups is 1. The smallest absolute Gasteiger partial charge is 0.158 e. The summed E-state index contributed by atoms with van der Waals surface area (Å²) < 4.78 is 26.1. The molecule has 0 aromatic carbocycles. The van der Waals surface area contributed by atoms with Crippen LogP contribution in [0.4, 0.5) is 0 Å². The van der Waals surface area contributed by atoms with Gasteiger partial charge in [-0.3, -0.25) is 4.79 Å². The summed E-state index contributed by atoms with van der Waals surface area (Å²) in [5.41, 5.74) is 0. The number of carbonyl (C=O) groups is 1. The summed E-state index contributed by atoms with van der Waals surface area (Å²) in [5, 5.41) is -0.557. The molecule has 4 bridgehead atoms. The van der Waals surface area contributed by atoms with E-state index in [1.807, 2.05) is 0 Å². The Bertz CT molecular complexity index is 524. The van der Waals surface area contributed by atoms with E-state index in [1.54, 1.807) is 0 Å². The van der Waals surface area contributed by atoms with Crippen LogP contribution >= 0.6 is 0 Å². The first kappa shape index (κ1) is 11.3. The summed E-state index contributed by atoms with van der Waals surface area (Å²) in [4.78, 5) is 12.9. The molecule has 1 saturated heterocycles. The Morgan fingerprint density at radius 2 is 1.16 bits per heavy atom. The second kappa shape index (κ2) is 3.26. The van der Waals surface area contributed by atoms with Crippen molar-refractivity contribution in [3.8, 4) is 0 Å². The highest BCUT2D eigenvalue weighted by Crippen LogP contribution is 2.62. The maximum atomic E-state index is 13.0. The van der Waals surface area contributed by atoms with Gasteiger partial charge in [-0.2, -0.15) is 0 Å². The van der Waals surface area contributed by atoms with Crippen molar-refractivity contribution < 1.29 is 13.2 Å². The molecule has 19 heavy (non-hydrogen) atoms. The molecular formula is C15H20O3S. The molecule has 0 aromatic heterocycles. The Morgan fingerprint density at radius 1 is 0.737 bits per heavy atom. The predicted molar refractivity (Wildman–Crippen MR) is 70.1 cm³/mol. The van der Waals surface area contributed by atoms with E-state index in [0.717, 1.165) is 38.5 Å². The van der Waals surface area contributed by atoms with Crippen LogP contribution in [0.1, 0.15) is 38.5 Å². The van der Waals surface area contributed by atoms with Crippen molar-refractivity contribution in [2.24, 2.45) is 35.5 Å². The van der Waals surface area contributed by atoms with Gasteiger partial charge in [-0.25, -0.2) is 8.42 Å². The maximum absolute atomic E-state index is 13.0. The van der Waals surface area contributed by atoms with Crippen LogP contribution < -0.4 is 0 Å². The highest BCUT2D eigenvalue weighted by molar-refractivity contribution is 7.92. The summed E-state index contributed by atoms with van der Waals surface area (Å²) >= 11 is 0. The van der Waals surface area contributed by atoms with E-state index in [1.165, 1.54) is 0 Å². The molecule has 0 unspecified atom stereocenters. The lowest BCUT2D eigenvalue weighted by molar-refractivity contribution is -0.130. The third-order valence-electron chi connectivity index (χ3n) is 7.10. The number of ketones is 1. The van der Waals surface area contributed by atoms with Crippen LogP contribution in [0, 0.1) is 35.5 Å². The molecule has 1 heterocycles. The van der Waals surface area contributed by atoms with Gasteiger partial charge in [0.1, 0.15) is 5.78 Å². The van der Waals surface area contributed by atoms with Gasteiger partial charge in [0.05, 0.1) is 10.5 Å². The highest BCUT2D eigenvalue weighted by Gasteiger charge is 2.68. The van der Waals surface area contributed by atoms with Crippen LogP contribution in [0.2, 0.25) is 0 Å². The fourth-order valence-electron chi connectivity index (χ4n) is 6.61. The fraction of sp³-hybridized carbons (Fsp3) is 0.933. The fourth-order valence-corrected chi connectivity index (χ4v) is 10.1. The number of rotatable bonds is 0. The number of fused-ring (bicyclic) bond motifs is 10. The first-order valence-electron chi connectivity index (χ1n) is 7.85. The van der Waals surface area contributed by atoms with Gasteiger partial charge in [0.25, 0.3) is 0 Å². The zero-order valence-electron chi connectivity index (χ0n) is 11.0. The van der Waals surface area contributed by atoms with Gasteiger partial charge < -0.3 is 0 Å². The normalized spacial score (nSPS) is 60.3. The number of carbonyl (C=O) groups excluding carboxylic acids is 1. The Morgan fingerprint density at radius 3 is 1.63 bits per heavy atom. The van der Waals surface area contributed by atoms with Gasteiger partial charge in [0.2, 0.25) is 0 Å². The molecule has 5 rings (SSSR count). The Labute approximate surface area is 114 Å². The second-order valence-electron chi connectivity index (χ2n) is 7.64. The van der Waals surface area contributed by atoms with Crippen molar-refractivity contribution >= 4 is 15.6 Å². The van der Waals surface area contributed by atoms with Gasteiger partial charge in [0, 0.05) is 11.8 Å². The second-order valence-corrected chi connectivity index (χ2v) is 9.91. The maximum Gasteiger partial charge on any atom is 0.158 e. The van der Waals surface area contributed by atoms with Crippen LogP contribution in [-0.4, -0.2) is 24.7 Å². The molecule has 4 aliphatic carbocycles. The van der Waals surface area contributed by atoms with Gasteiger partial charge in [-0.1, -0.05) is 0 Å². The number of hydrogen-bond donors (Lipinski definition) is 0. The summed E-state index contributed by atoms with van der Waals surface area (Å²) in [5.74, 6) is 1.57. The lowest BCUT2D eigenvalue weighted by atomic mass is 9.74. The summed E-state index contributed by atoms with van der Waals surface area (Å²) in [6, 6.07) is 0. The average Bonchev–Trinajstić information content (AvgIpc) is 3.11. The van der Waals surface area contributed by atoms with Crippen molar-refractivity contribution in [2.45, 2.75) is 49.0 Å². The Balaban J connectivity index is 1.68. The van der Waals surface area contributed by atoms with Crippen molar-refractivity contribution in [3.05, 3.63) is 0 Å². The van der Waals surface area contributed by atoms with Gasteiger partial charge in [0.15, 0.2) is 9.84 Å². The van der Waals surface area contributed by atoms with Crippen molar-refractivity contribution in [3.63, 3.8) is 0 Å². The van der Waals surface area contributed by atoms with E-state index < -0.39 is 9.84 Å². The molecular weight excluding hydrogens is 260 g/mol. The van der Waals surface area contributed by atoms with Gasteiger partial charge in [-0.05, 0) is 62.2 Å². The molecule has 1 aliphatic heterocycles. The monoisotopic (exact) mass is 280 g/mol. The van der Waals surface area contributed by atoms with Crippen LogP contribution in [0.25, 0.3) is 0 Å². The van der Waals surface area contributed by atoms with E-state index in [9.17, 15) is 13.2 Å². The molecule has 0 radical (unpaired) electrons. The van der Waals surface area contributed by atoms with Crippen LogP contribution in [-0.2, 0) is 14.6 Å². The minimum Gasteiger partial charge on any atom is -0.299 e. The third-order valence-corrected chi connectivity index (χ3v) is 9.97. The van der Waals surface area contributed by atoms with Crippen molar-refractivity contribution in [2.75, 3.05) is 0 Å². The zero-order valence-corrected chi connectivity index (χ0v) is 11.8. The van der Waals surface area contributed by atoms with E-state index in [4.69, 9.17) is 0 Å².